The quantitative estimate of drug-likeness (QED) is 0.678. The van der Waals surface area contributed by atoms with Crippen LogP contribution >= 0.6 is 12.4 Å². The molecule has 0 rings (SSSR count). The van der Waals surface area contributed by atoms with Crippen LogP contribution in [0, 0.1) is 0 Å². The van der Waals surface area contributed by atoms with Gasteiger partial charge in [0.25, 0.3) is 0 Å². The lowest BCUT2D eigenvalue weighted by molar-refractivity contribution is -0.138. The van der Waals surface area contributed by atoms with Gasteiger partial charge in [-0.2, -0.15) is 0 Å². The van der Waals surface area contributed by atoms with E-state index in [1.807, 2.05) is 0 Å². The number of carbonyl (C=O) groups excluding carboxylic acids is 1. The minimum atomic E-state index is -0.938. The van der Waals surface area contributed by atoms with Crippen LogP contribution in [0.1, 0.15) is 40.5 Å². The number of hydrogen-bond donors (Lipinski definition) is 3. The molecule has 0 radical (unpaired) electrons. The first-order chi connectivity index (χ1) is 6.52. The second-order valence-corrected chi connectivity index (χ2v) is 5.17. The molecule has 0 heterocycles. The smallest absolute Gasteiger partial charge is 0.305 e. The summed E-state index contributed by atoms with van der Waals surface area (Å²) >= 11 is 0. The molecule has 96 valence electrons. The second-order valence-electron chi connectivity index (χ2n) is 5.17. The Bertz CT molecular complexity index is 259. The highest BCUT2D eigenvalue weighted by Crippen LogP contribution is 2.10. The van der Waals surface area contributed by atoms with Crippen LogP contribution in [-0.2, 0) is 9.59 Å². The van der Waals surface area contributed by atoms with Gasteiger partial charge in [0.1, 0.15) is 0 Å². The van der Waals surface area contributed by atoms with E-state index >= 15 is 0 Å². The van der Waals surface area contributed by atoms with Crippen molar-refractivity contribution in [2.45, 2.75) is 51.6 Å². The van der Waals surface area contributed by atoms with Crippen molar-refractivity contribution >= 4 is 24.3 Å². The van der Waals surface area contributed by atoms with Crippen LogP contribution in [0.2, 0.25) is 0 Å². The Kier molecular flexibility index (Phi) is 6.65. The molecule has 0 aliphatic carbocycles. The first-order valence-corrected chi connectivity index (χ1v) is 4.83. The normalized spacial score (nSPS) is 11.6. The number of rotatable bonds is 5. The summed E-state index contributed by atoms with van der Waals surface area (Å²) in [6, 6.07) is 0. The molecule has 0 aromatic carbocycles. The highest BCUT2D eigenvalue weighted by atomic mass is 35.5. The number of carbonyl (C=O) groups is 2. The van der Waals surface area contributed by atoms with Crippen molar-refractivity contribution in [1.82, 2.24) is 5.32 Å². The average molecular weight is 253 g/mol. The second kappa shape index (κ2) is 6.06. The fourth-order valence-electron chi connectivity index (χ4n) is 1.26. The molecule has 0 aromatic heterocycles. The SMILES string of the molecule is CC(C)(N)CC(=O)NC(C)(C)CC(=O)O.Cl. The van der Waals surface area contributed by atoms with Gasteiger partial charge >= 0.3 is 5.97 Å². The first-order valence-electron chi connectivity index (χ1n) is 4.83. The van der Waals surface area contributed by atoms with Gasteiger partial charge < -0.3 is 16.2 Å². The predicted molar refractivity (Wildman–Crippen MR) is 64.6 cm³/mol. The Balaban J connectivity index is 0. The third kappa shape index (κ3) is 9.73. The van der Waals surface area contributed by atoms with Crippen molar-refractivity contribution in [3.63, 3.8) is 0 Å². The monoisotopic (exact) mass is 252 g/mol. The van der Waals surface area contributed by atoms with E-state index in [1.54, 1.807) is 27.7 Å². The van der Waals surface area contributed by atoms with Crippen LogP contribution in [0.5, 0.6) is 0 Å². The fourth-order valence-corrected chi connectivity index (χ4v) is 1.26. The third-order valence-electron chi connectivity index (χ3n) is 1.69. The molecule has 16 heavy (non-hydrogen) atoms. The molecular formula is C10H21ClN2O3. The predicted octanol–water partition coefficient (Wildman–Crippen LogP) is 0.905. The largest absolute Gasteiger partial charge is 0.481 e. The van der Waals surface area contributed by atoms with Crippen molar-refractivity contribution in [2.24, 2.45) is 5.73 Å². The summed E-state index contributed by atoms with van der Waals surface area (Å²) in [5, 5.41) is 11.3. The minimum Gasteiger partial charge on any atom is -0.481 e. The standard InChI is InChI=1S/C10H20N2O3.ClH/c1-9(2,11)5-7(13)12-10(3,4)6-8(14)15;/h5-6,11H2,1-4H3,(H,12,13)(H,14,15);1H. The maximum absolute atomic E-state index is 11.5. The summed E-state index contributed by atoms with van der Waals surface area (Å²) in [6.45, 7) is 6.83. The van der Waals surface area contributed by atoms with Gasteiger partial charge in [0.15, 0.2) is 0 Å². The molecule has 0 aliphatic rings. The molecule has 6 heteroatoms. The zero-order valence-electron chi connectivity index (χ0n) is 10.2. The number of hydrogen-bond acceptors (Lipinski definition) is 3. The molecule has 0 saturated heterocycles. The van der Waals surface area contributed by atoms with Crippen molar-refractivity contribution < 1.29 is 14.7 Å². The molecule has 0 atom stereocenters. The van der Waals surface area contributed by atoms with Gasteiger partial charge in [0, 0.05) is 17.5 Å². The number of aliphatic carboxylic acids is 1. The molecule has 0 spiro atoms. The van der Waals surface area contributed by atoms with Crippen LogP contribution in [0.15, 0.2) is 0 Å². The summed E-state index contributed by atoms with van der Waals surface area (Å²) in [6.07, 6.45) is 0.0692. The molecule has 0 aromatic rings. The van der Waals surface area contributed by atoms with Crippen molar-refractivity contribution in [3.05, 3.63) is 0 Å². The van der Waals surface area contributed by atoms with Gasteiger partial charge in [-0.3, -0.25) is 9.59 Å². The van der Waals surface area contributed by atoms with Crippen LogP contribution in [0.4, 0.5) is 0 Å². The summed E-state index contributed by atoms with van der Waals surface area (Å²) in [7, 11) is 0. The van der Waals surface area contributed by atoms with E-state index in [2.05, 4.69) is 5.32 Å². The van der Waals surface area contributed by atoms with Gasteiger partial charge in [-0.05, 0) is 27.7 Å². The number of nitrogens with two attached hydrogens (primary N) is 1. The maximum Gasteiger partial charge on any atom is 0.305 e. The highest BCUT2D eigenvalue weighted by Gasteiger charge is 2.26. The Hall–Kier alpha value is -0.810. The Morgan fingerprint density at radius 2 is 1.62 bits per heavy atom. The molecule has 0 aliphatic heterocycles. The minimum absolute atomic E-state index is 0. The van der Waals surface area contributed by atoms with Crippen LogP contribution in [0.25, 0.3) is 0 Å². The number of carboxylic acids is 1. The summed E-state index contributed by atoms with van der Waals surface area (Å²) < 4.78 is 0. The third-order valence-corrected chi connectivity index (χ3v) is 1.69. The molecule has 4 N–H and O–H groups in total. The van der Waals surface area contributed by atoms with Crippen molar-refractivity contribution in [3.8, 4) is 0 Å². The van der Waals surface area contributed by atoms with E-state index in [4.69, 9.17) is 10.8 Å². The summed E-state index contributed by atoms with van der Waals surface area (Å²) in [4.78, 5) is 22.0. The van der Waals surface area contributed by atoms with Gasteiger partial charge in [0.2, 0.25) is 5.91 Å². The van der Waals surface area contributed by atoms with E-state index in [1.165, 1.54) is 0 Å². The molecular weight excluding hydrogens is 232 g/mol. The van der Waals surface area contributed by atoms with E-state index < -0.39 is 17.0 Å². The van der Waals surface area contributed by atoms with Gasteiger partial charge in [0.05, 0.1) is 6.42 Å². The maximum atomic E-state index is 11.5. The Morgan fingerprint density at radius 3 is 1.94 bits per heavy atom. The molecule has 5 nitrogen and oxygen atoms in total. The van der Waals surface area contributed by atoms with Crippen LogP contribution < -0.4 is 11.1 Å². The Morgan fingerprint density at radius 1 is 1.19 bits per heavy atom. The molecule has 0 fully saturated rings. The highest BCUT2D eigenvalue weighted by molar-refractivity contribution is 5.85. The number of carboxylic acid groups (broad SMARTS) is 1. The fraction of sp³-hybridized carbons (Fsp3) is 0.800. The first kappa shape index (κ1) is 17.6. The lowest BCUT2D eigenvalue weighted by Gasteiger charge is -2.26. The van der Waals surface area contributed by atoms with E-state index in [0.717, 1.165) is 0 Å². The number of halogens is 1. The Labute approximate surface area is 102 Å². The number of amides is 1. The molecule has 1 amide bonds. The van der Waals surface area contributed by atoms with Crippen LogP contribution in [0.3, 0.4) is 0 Å². The van der Waals surface area contributed by atoms with Crippen molar-refractivity contribution in [2.75, 3.05) is 0 Å². The summed E-state index contributed by atoms with van der Waals surface area (Å²) in [5.74, 6) is -1.17. The zero-order chi connectivity index (χ0) is 12.3. The lowest BCUT2D eigenvalue weighted by Crippen LogP contribution is -2.48. The van der Waals surface area contributed by atoms with E-state index in [9.17, 15) is 9.59 Å². The van der Waals surface area contributed by atoms with Gasteiger partial charge in [-0.15, -0.1) is 12.4 Å². The van der Waals surface area contributed by atoms with Crippen molar-refractivity contribution in [1.29, 1.82) is 0 Å². The van der Waals surface area contributed by atoms with Gasteiger partial charge in [-0.1, -0.05) is 0 Å². The molecule has 0 saturated carbocycles. The molecule has 0 unspecified atom stereocenters. The van der Waals surface area contributed by atoms with Crippen LogP contribution in [-0.4, -0.2) is 28.1 Å². The zero-order valence-corrected chi connectivity index (χ0v) is 11.0. The van der Waals surface area contributed by atoms with E-state index in [0.29, 0.717) is 0 Å². The van der Waals surface area contributed by atoms with E-state index in [-0.39, 0.29) is 31.2 Å². The summed E-state index contributed by atoms with van der Waals surface area (Å²) in [5.41, 5.74) is 4.36. The number of nitrogens with one attached hydrogen (secondary N) is 1. The molecule has 0 bridgehead atoms. The average Bonchev–Trinajstić information content (AvgIpc) is 1.73. The lowest BCUT2D eigenvalue weighted by atomic mass is 9.97. The topological polar surface area (TPSA) is 92.4 Å². The van der Waals surface area contributed by atoms with Gasteiger partial charge in [-0.25, -0.2) is 0 Å².